The number of hydrogen-bond acceptors (Lipinski definition) is 5. The molecular formula is C11H9BrN2O2S. The number of rotatable bonds is 2. The highest BCUT2D eigenvalue weighted by atomic mass is 79.9. The molecule has 0 aliphatic rings. The Morgan fingerprint density at radius 3 is 2.82 bits per heavy atom. The van der Waals surface area contributed by atoms with Crippen molar-refractivity contribution >= 4 is 33.2 Å². The van der Waals surface area contributed by atoms with E-state index in [1.54, 1.807) is 6.20 Å². The van der Waals surface area contributed by atoms with Crippen molar-refractivity contribution in [3.8, 4) is 10.7 Å². The number of pyridine rings is 1. The SMILES string of the molecule is COC(=O)c1nc(-c2ccc(Br)cn2)sc1C. The normalized spacial score (nSPS) is 10.3. The van der Waals surface area contributed by atoms with Crippen LogP contribution in [0.15, 0.2) is 22.8 Å². The fourth-order valence-electron chi connectivity index (χ4n) is 1.29. The van der Waals surface area contributed by atoms with E-state index in [-0.39, 0.29) is 0 Å². The third-order valence-corrected chi connectivity index (χ3v) is 3.58. The van der Waals surface area contributed by atoms with Crippen LogP contribution in [0, 0.1) is 6.92 Å². The number of methoxy groups -OCH3 is 1. The van der Waals surface area contributed by atoms with Gasteiger partial charge in [-0.15, -0.1) is 11.3 Å². The third kappa shape index (κ3) is 2.53. The Morgan fingerprint density at radius 1 is 1.47 bits per heavy atom. The molecule has 0 fully saturated rings. The van der Waals surface area contributed by atoms with Gasteiger partial charge in [-0.25, -0.2) is 9.78 Å². The maximum atomic E-state index is 11.4. The molecule has 0 aromatic carbocycles. The van der Waals surface area contributed by atoms with E-state index in [1.807, 2.05) is 19.1 Å². The lowest BCUT2D eigenvalue weighted by molar-refractivity contribution is 0.0594. The molecule has 0 atom stereocenters. The second kappa shape index (κ2) is 4.93. The van der Waals surface area contributed by atoms with Crippen molar-refractivity contribution in [1.82, 2.24) is 9.97 Å². The lowest BCUT2D eigenvalue weighted by Crippen LogP contribution is -2.03. The second-order valence-corrected chi connectivity index (χ2v) is 5.40. The molecular weight excluding hydrogens is 304 g/mol. The quantitative estimate of drug-likeness (QED) is 0.800. The van der Waals surface area contributed by atoms with Gasteiger partial charge in [0.25, 0.3) is 0 Å². The largest absolute Gasteiger partial charge is 0.464 e. The first-order valence-electron chi connectivity index (χ1n) is 4.79. The molecule has 0 saturated carbocycles. The molecule has 2 rings (SSSR count). The number of carbonyl (C=O) groups excluding carboxylic acids is 1. The highest BCUT2D eigenvalue weighted by molar-refractivity contribution is 9.10. The molecule has 2 heterocycles. The van der Waals surface area contributed by atoms with Crippen LogP contribution in [0.4, 0.5) is 0 Å². The molecule has 0 N–H and O–H groups in total. The Morgan fingerprint density at radius 2 is 2.24 bits per heavy atom. The van der Waals surface area contributed by atoms with E-state index in [1.165, 1.54) is 18.4 Å². The molecule has 0 amide bonds. The summed E-state index contributed by atoms with van der Waals surface area (Å²) < 4.78 is 5.57. The van der Waals surface area contributed by atoms with Gasteiger partial charge in [-0.1, -0.05) is 0 Å². The first-order valence-corrected chi connectivity index (χ1v) is 6.40. The summed E-state index contributed by atoms with van der Waals surface area (Å²) in [6.45, 7) is 1.84. The maximum Gasteiger partial charge on any atom is 0.357 e. The maximum absolute atomic E-state index is 11.4. The molecule has 0 aliphatic heterocycles. The monoisotopic (exact) mass is 312 g/mol. The molecule has 2 aromatic heterocycles. The Bertz CT molecular complexity index is 551. The number of aromatic nitrogens is 2. The Kier molecular flexibility index (Phi) is 3.54. The predicted octanol–water partition coefficient (Wildman–Crippen LogP) is 3.06. The minimum Gasteiger partial charge on any atom is -0.464 e. The van der Waals surface area contributed by atoms with E-state index in [9.17, 15) is 4.79 Å². The molecule has 0 radical (unpaired) electrons. The van der Waals surface area contributed by atoms with E-state index in [0.717, 1.165) is 20.1 Å². The molecule has 0 saturated heterocycles. The molecule has 6 heteroatoms. The number of hydrogen-bond donors (Lipinski definition) is 0. The first-order chi connectivity index (χ1) is 8.11. The van der Waals surface area contributed by atoms with Gasteiger partial charge >= 0.3 is 5.97 Å². The number of esters is 1. The zero-order valence-electron chi connectivity index (χ0n) is 9.23. The average Bonchev–Trinajstić information content (AvgIpc) is 2.71. The third-order valence-electron chi connectivity index (χ3n) is 2.12. The van der Waals surface area contributed by atoms with Crippen LogP contribution in [0.25, 0.3) is 10.7 Å². The summed E-state index contributed by atoms with van der Waals surface area (Å²) >= 11 is 4.75. The average molecular weight is 313 g/mol. The van der Waals surface area contributed by atoms with Crippen molar-refractivity contribution in [2.24, 2.45) is 0 Å². The lowest BCUT2D eigenvalue weighted by atomic mass is 10.3. The minimum atomic E-state index is -0.415. The highest BCUT2D eigenvalue weighted by Gasteiger charge is 2.16. The summed E-state index contributed by atoms with van der Waals surface area (Å²) in [4.78, 5) is 20.7. The van der Waals surface area contributed by atoms with E-state index in [2.05, 4.69) is 30.6 Å². The van der Waals surface area contributed by atoms with Crippen molar-refractivity contribution in [2.75, 3.05) is 7.11 Å². The smallest absolute Gasteiger partial charge is 0.357 e. The number of nitrogens with zero attached hydrogens (tertiary/aromatic N) is 2. The Labute approximate surface area is 111 Å². The lowest BCUT2D eigenvalue weighted by Gasteiger charge is -1.95. The van der Waals surface area contributed by atoms with Gasteiger partial charge < -0.3 is 4.74 Å². The van der Waals surface area contributed by atoms with Gasteiger partial charge in [0.2, 0.25) is 0 Å². The van der Waals surface area contributed by atoms with Gasteiger partial charge in [0.05, 0.1) is 12.8 Å². The van der Waals surface area contributed by atoms with Crippen LogP contribution >= 0.6 is 27.3 Å². The van der Waals surface area contributed by atoms with Gasteiger partial charge in [-0.3, -0.25) is 4.98 Å². The van der Waals surface area contributed by atoms with Crippen LogP contribution in [0.3, 0.4) is 0 Å². The predicted molar refractivity (Wildman–Crippen MR) is 69.1 cm³/mol. The zero-order valence-corrected chi connectivity index (χ0v) is 11.6. The summed E-state index contributed by atoms with van der Waals surface area (Å²) in [5.41, 5.74) is 1.11. The molecule has 0 bridgehead atoms. The van der Waals surface area contributed by atoms with Gasteiger partial charge in [0.1, 0.15) is 5.01 Å². The van der Waals surface area contributed by atoms with E-state index in [0.29, 0.717) is 5.69 Å². The summed E-state index contributed by atoms with van der Waals surface area (Å²) in [6, 6.07) is 3.74. The van der Waals surface area contributed by atoms with E-state index >= 15 is 0 Å². The van der Waals surface area contributed by atoms with Crippen molar-refractivity contribution in [3.05, 3.63) is 33.4 Å². The summed E-state index contributed by atoms with van der Waals surface area (Å²) in [7, 11) is 1.35. The second-order valence-electron chi connectivity index (χ2n) is 3.28. The topological polar surface area (TPSA) is 52.1 Å². The van der Waals surface area contributed by atoms with Gasteiger partial charge in [-0.05, 0) is 35.0 Å². The number of carbonyl (C=O) groups is 1. The molecule has 17 heavy (non-hydrogen) atoms. The number of halogens is 1. The summed E-state index contributed by atoms with van der Waals surface area (Å²) in [5, 5.41) is 0.718. The molecule has 88 valence electrons. The molecule has 0 spiro atoms. The van der Waals surface area contributed by atoms with Gasteiger partial charge in [0, 0.05) is 15.5 Å². The fraction of sp³-hybridized carbons (Fsp3) is 0.182. The van der Waals surface area contributed by atoms with Crippen molar-refractivity contribution in [3.63, 3.8) is 0 Å². The van der Waals surface area contributed by atoms with Crippen LogP contribution in [0.1, 0.15) is 15.4 Å². The van der Waals surface area contributed by atoms with Gasteiger partial charge in [0.15, 0.2) is 5.69 Å². The van der Waals surface area contributed by atoms with Crippen LogP contribution < -0.4 is 0 Å². The van der Waals surface area contributed by atoms with Crippen LogP contribution in [0.5, 0.6) is 0 Å². The standard InChI is InChI=1S/C11H9BrN2O2S/c1-6-9(11(15)16-2)14-10(17-6)8-4-3-7(12)5-13-8/h3-5H,1-2H3. The Balaban J connectivity index is 2.41. The number of aryl methyl sites for hydroxylation is 1. The number of thiazole rings is 1. The Hall–Kier alpha value is -1.27. The van der Waals surface area contributed by atoms with Crippen molar-refractivity contribution in [2.45, 2.75) is 6.92 Å². The first kappa shape index (κ1) is 12.2. The van der Waals surface area contributed by atoms with Crippen LogP contribution in [-0.2, 0) is 4.74 Å². The number of ether oxygens (including phenoxy) is 1. The summed E-state index contributed by atoms with van der Waals surface area (Å²) in [6.07, 6.45) is 1.70. The van der Waals surface area contributed by atoms with E-state index in [4.69, 9.17) is 0 Å². The van der Waals surface area contributed by atoms with Gasteiger partial charge in [-0.2, -0.15) is 0 Å². The van der Waals surface area contributed by atoms with Crippen molar-refractivity contribution in [1.29, 1.82) is 0 Å². The zero-order chi connectivity index (χ0) is 12.4. The van der Waals surface area contributed by atoms with Crippen LogP contribution in [0.2, 0.25) is 0 Å². The molecule has 4 nitrogen and oxygen atoms in total. The van der Waals surface area contributed by atoms with E-state index < -0.39 is 5.97 Å². The summed E-state index contributed by atoms with van der Waals surface area (Å²) in [5.74, 6) is -0.415. The highest BCUT2D eigenvalue weighted by Crippen LogP contribution is 2.27. The van der Waals surface area contributed by atoms with Crippen molar-refractivity contribution < 1.29 is 9.53 Å². The molecule has 0 unspecified atom stereocenters. The molecule has 0 aliphatic carbocycles. The minimum absolute atomic E-state index is 0.359. The van der Waals surface area contributed by atoms with Crippen LogP contribution in [-0.4, -0.2) is 23.0 Å². The molecule has 2 aromatic rings. The fourth-order valence-corrected chi connectivity index (χ4v) is 2.41.